The first kappa shape index (κ1) is 19.6. The van der Waals surface area contributed by atoms with Crippen molar-refractivity contribution in [2.24, 2.45) is 10.9 Å². The largest absolute Gasteiger partial charge is 0.426 e. The van der Waals surface area contributed by atoms with E-state index in [1.54, 1.807) is 0 Å². The Morgan fingerprint density at radius 3 is 2.00 bits per heavy atom. The summed E-state index contributed by atoms with van der Waals surface area (Å²) in [5, 5.41) is 0.0448. The van der Waals surface area contributed by atoms with Crippen LogP contribution in [0.15, 0.2) is 4.99 Å². The van der Waals surface area contributed by atoms with E-state index < -0.39 is 20.5 Å². The Morgan fingerprint density at radius 1 is 1.15 bits per heavy atom. The molecule has 0 aromatic carbocycles. The fraction of sp³-hybridized carbons (Fsp3) is 0.929. The number of aliphatic imine (C=N–C) groups is 1. The van der Waals surface area contributed by atoms with Gasteiger partial charge in [-0.15, -0.1) is 0 Å². The monoisotopic (exact) mass is 311 g/mol. The van der Waals surface area contributed by atoms with Gasteiger partial charge < -0.3 is 4.43 Å². The van der Waals surface area contributed by atoms with Crippen LogP contribution in [0.1, 0.15) is 41.0 Å². The topological polar surface area (TPSA) is 21.6 Å². The lowest BCUT2D eigenvalue weighted by molar-refractivity contribution is -0.0540. The molecule has 1 atom stereocenters. The van der Waals surface area contributed by atoms with Crippen molar-refractivity contribution < 1.29 is 17.6 Å². The van der Waals surface area contributed by atoms with Gasteiger partial charge in [-0.25, -0.2) is 0 Å². The summed E-state index contributed by atoms with van der Waals surface area (Å²) >= 11 is 0. The Bertz CT molecular complexity index is 319. The minimum absolute atomic E-state index is 0.0448. The molecular formula is C14H28F3NOSi. The van der Waals surface area contributed by atoms with E-state index in [0.29, 0.717) is 6.42 Å². The first-order valence-corrected chi connectivity index (χ1v) is 9.90. The second kappa shape index (κ2) is 7.07. The van der Waals surface area contributed by atoms with Crippen molar-refractivity contribution in [3.63, 3.8) is 0 Å². The van der Waals surface area contributed by atoms with Crippen molar-refractivity contribution in [1.82, 2.24) is 0 Å². The maximum absolute atomic E-state index is 12.2. The van der Waals surface area contributed by atoms with Crippen LogP contribution in [0, 0.1) is 5.92 Å². The molecule has 0 rings (SSSR count). The summed E-state index contributed by atoms with van der Waals surface area (Å²) in [5.41, 5.74) is 0. The first-order valence-electron chi connectivity index (χ1n) is 6.99. The Morgan fingerprint density at radius 2 is 1.65 bits per heavy atom. The molecule has 0 fully saturated rings. The lowest BCUT2D eigenvalue weighted by Gasteiger charge is -2.37. The minimum atomic E-state index is -4.35. The second-order valence-electron chi connectivity index (χ2n) is 7.17. The van der Waals surface area contributed by atoms with Gasteiger partial charge in [0, 0.05) is 0 Å². The van der Waals surface area contributed by atoms with Crippen molar-refractivity contribution in [2.75, 3.05) is 6.61 Å². The highest BCUT2D eigenvalue weighted by Crippen LogP contribution is 2.36. The van der Waals surface area contributed by atoms with Gasteiger partial charge in [-0.3, -0.25) is 4.99 Å². The van der Waals surface area contributed by atoms with Gasteiger partial charge in [0.25, 0.3) is 0 Å². The molecule has 0 aromatic heterocycles. The summed E-state index contributed by atoms with van der Waals surface area (Å²) in [5.74, 6) is 0.286. The highest BCUT2D eigenvalue weighted by molar-refractivity contribution is 6.74. The normalized spacial score (nSPS) is 16.1. The van der Waals surface area contributed by atoms with Crippen LogP contribution in [-0.2, 0) is 4.43 Å². The predicted molar refractivity (Wildman–Crippen MR) is 80.9 cm³/mol. The Hall–Kier alpha value is -0.363. The van der Waals surface area contributed by atoms with Crippen LogP contribution in [0.25, 0.3) is 0 Å². The smallest absolute Gasteiger partial charge is 0.415 e. The van der Waals surface area contributed by atoms with Gasteiger partial charge in [0.15, 0.2) is 8.32 Å². The fourth-order valence-corrected chi connectivity index (χ4v) is 2.47. The molecule has 0 amide bonds. The molecule has 0 aliphatic rings. The van der Waals surface area contributed by atoms with Crippen molar-refractivity contribution in [3.05, 3.63) is 0 Å². The van der Waals surface area contributed by atoms with E-state index in [0.717, 1.165) is 0 Å². The molecule has 120 valence electrons. The lowest BCUT2D eigenvalue weighted by atomic mass is 10.1. The van der Waals surface area contributed by atoms with Crippen LogP contribution in [0.5, 0.6) is 0 Å². The highest BCUT2D eigenvalue weighted by Gasteiger charge is 2.37. The van der Waals surface area contributed by atoms with Crippen LogP contribution in [0.2, 0.25) is 18.1 Å². The third-order valence-electron chi connectivity index (χ3n) is 3.62. The second-order valence-corrected chi connectivity index (χ2v) is 12.0. The van der Waals surface area contributed by atoms with Crippen LogP contribution in [0.4, 0.5) is 13.2 Å². The van der Waals surface area contributed by atoms with Crippen LogP contribution >= 0.6 is 0 Å². The first-order chi connectivity index (χ1) is 8.74. The van der Waals surface area contributed by atoms with Gasteiger partial charge in [-0.05, 0) is 30.5 Å². The molecule has 0 radical (unpaired) electrons. The maximum Gasteiger partial charge on any atom is 0.426 e. The van der Waals surface area contributed by atoms with Crippen LogP contribution in [-0.4, -0.2) is 33.4 Å². The molecular weight excluding hydrogens is 283 g/mol. The summed E-state index contributed by atoms with van der Waals surface area (Å²) < 4.78 is 42.7. The van der Waals surface area contributed by atoms with Crippen molar-refractivity contribution in [3.8, 4) is 0 Å². The molecule has 0 bridgehead atoms. The van der Waals surface area contributed by atoms with Gasteiger partial charge >= 0.3 is 6.18 Å². The molecule has 0 saturated heterocycles. The zero-order chi connectivity index (χ0) is 16.2. The molecule has 0 N–H and O–H groups in total. The van der Waals surface area contributed by atoms with Crippen LogP contribution in [0.3, 0.4) is 0 Å². The SMILES string of the molecule is CC(C)C[C@@H](CO[Si](C)(C)C(C)(C)C)N=CC(F)(F)F. The molecule has 0 spiro atoms. The van der Waals surface area contributed by atoms with Crippen LogP contribution < -0.4 is 0 Å². The summed E-state index contributed by atoms with van der Waals surface area (Å²) in [4.78, 5) is 3.67. The Kier molecular flexibility index (Phi) is 6.94. The molecule has 0 heterocycles. The number of hydrogen-bond donors (Lipinski definition) is 0. The summed E-state index contributed by atoms with van der Waals surface area (Å²) in [6.45, 7) is 14.7. The average Bonchev–Trinajstić information content (AvgIpc) is 2.18. The standard InChI is InChI=1S/C14H28F3NOSi/c1-11(2)8-12(18-10-14(15,16)17)9-19-20(6,7)13(3,4)5/h10-12H,8-9H2,1-7H3/t12-/m0/s1. The van der Waals surface area contributed by atoms with E-state index in [4.69, 9.17) is 4.43 Å². The maximum atomic E-state index is 12.2. The zero-order valence-electron chi connectivity index (χ0n) is 13.6. The number of hydrogen-bond acceptors (Lipinski definition) is 2. The molecule has 0 aliphatic heterocycles. The van der Waals surface area contributed by atoms with Gasteiger partial charge in [0.05, 0.1) is 12.6 Å². The number of rotatable bonds is 6. The third-order valence-corrected chi connectivity index (χ3v) is 8.12. The number of nitrogens with zero attached hydrogens (tertiary/aromatic N) is 1. The molecule has 0 aromatic rings. The van der Waals surface area contributed by atoms with E-state index in [9.17, 15) is 13.2 Å². The Labute approximate surface area is 121 Å². The number of halogens is 3. The zero-order valence-corrected chi connectivity index (χ0v) is 14.6. The quantitative estimate of drug-likeness (QED) is 0.496. The molecule has 20 heavy (non-hydrogen) atoms. The highest BCUT2D eigenvalue weighted by atomic mass is 28.4. The van der Waals surface area contributed by atoms with E-state index >= 15 is 0 Å². The Balaban J connectivity index is 4.72. The van der Waals surface area contributed by atoms with Crippen molar-refractivity contribution in [2.45, 2.75) is 71.4 Å². The van der Waals surface area contributed by atoms with E-state index in [1.165, 1.54) is 0 Å². The molecule has 0 aliphatic carbocycles. The fourth-order valence-electron chi connectivity index (χ4n) is 1.43. The van der Waals surface area contributed by atoms with E-state index in [-0.39, 0.29) is 23.8 Å². The van der Waals surface area contributed by atoms with E-state index in [1.807, 2.05) is 13.8 Å². The number of alkyl halides is 3. The van der Waals surface area contributed by atoms with E-state index in [2.05, 4.69) is 38.9 Å². The average molecular weight is 311 g/mol. The summed E-state index contributed by atoms with van der Waals surface area (Å²) in [6, 6.07) is -0.425. The molecule has 0 saturated carbocycles. The van der Waals surface area contributed by atoms with Gasteiger partial charge in [-0.2, -0.15) is 13.2 Å². The van der Waals surface area contributed by atoms with Gasteiger partial charge in [-0.1, -0.05) is 34.6 Å². The predicted octanol–water partition coefficient (Wildman–Crippen LogP) is 5.06. The minimum Gasteiger partial charge on any atom is -0.415 e. The van der Waals surface area contributed by atoms with Gasteiger partial charge in [0.1, 0.15) is 6.21 Å². The molecule has 2 nitrogen and oxygen atoms in total. The van der Waals surface area contributed by atoms with Crippen molar-refractivity contribution in [1.29, 1.82) is 0 Å². The lowest BCUT2D eigenvalue weighted by Crippen LogP contribution is -2.42. The van der Waals surface area contributed by atoms with Crippen molar-refractivity contribution >= 4 is 14.5 Å². The molecule has 6 heteroatoms. The summed E-state index contributed by atoms with van der Waals surface area (Å²) in [7, 11) is -1.95. The third kappa shape index (κ3) is 8.04. The summed E-state index contributed by atoms with van der Waals surface area (Å²) in [6.07, 6.45) is -3.66. The van der Waals surface area contributed by atoms with Gasteiger partial charge in [0.2, 0.25) is 0 Å². The molecule has 0 unspecified atom stereocenters.